The van der Waals surface area contributed by atoms with Gasteiger partial charge in [-0.15, -0.1) is 0 Å². The molecule has 0 N–H and O–H groups in total. The summed E-state index contributed by atoms with van der Waals surface area (Å²) in [5.74, 6) is 2.15. The number of hydrogen-bond acceptors (Lipinski definition) is 4. The monoisotopic (exact) mass is 356 g/mol. The van der Waals surface area contributed by atoms with Crippen LogP contribution in [0.4, 0.5) is 0 Å². The van der Waals surface area contributed by atoms with E-state index in [1.54, 1.807) is 34.1 Å². The molecule has 20 heavy (non-hydrogen) atoms. The van der Waals surface area contributed by atoms with E-state index in [4.69, 9.17) is 0 Å². The van der Waals surface area contributed by atoms with Crippen LogP contribution in [0.3, 0.4) is 0 Å². The fourth-order valence-electron chi connectivity index (χ4n) is 1.91. The maximum Gasteiger partial charge on any atom is 0.243 e. The van der Waals surface area contributed by atoms with Crippen LogP contribution in [0.25, 0.3) is 0 Å². The van der Waals surface area contributed by atoms with E-state index < -0.39 is 4.75 Å². The third-order valence-corrected chi connectivity index (χ3v) is 16.1. The predicted molar refractivity (Wildman–Crippen MR) is 104 cm³/mol. The molecule has 0 aliphatic carbocycles. The highest BCUT2D eigenvalue weighted by atomic mass is 33.4. The first-order valence-electron chi connectivity index (χ1n) is 8.13. The average molecular weight is 357 g/mol. The summed E-state index contributed by atoms with van der Waals surface area (Å²) in [5.41, 5.74) is 0. The molecule has 0 spiro atoms. The van der Waals surface area contributed by atoms with E-state index >= 15 is 0 Å². The van der Waals surface area contributed by atoms with E-state index in [0.717, 1.165) is 11.5 Å². The molecule has 5 heteroatoms. The van der Waals surface area contributed by atoms with E-state index in [2.05, 4.69) is 13.8 Å². The van der Waals surface area contributed by atoms with Gasteiger partial charge in [0.05, 0.1) is 0 Å². The summed E-state index contributed by atoms with van der Waals surface area (Å²) < 4.78 is 10.6. The molecule has 0 aliphatic rings. The highest BCUT2D eigenvalue weighted by molar-refractivity contribution is 9.14. The molecule has 0 aromatic carbocycles. The van der Waals surface area contributed by atoms with Crippen LogP contribution in [0.5, 0.6) is 0 Å². The summed E-state index contributed by atoms with van der Waals surface area (Å²) >= 11 is 5.05. The zero-order valence-corrected chi connectivity index (χ0v) is 16.9. The van der Waals surface area contributed by atoms with Crippen LogP contribution in [0.2, 0.25) is 0 Å². The molecule has 1 nitrogen and oxygen atoms in total. The smallest absolute Gasteiger partial charge is 0.243 e. The maximum atomic E-state index is 12.6. The third kappa shape index (κ3) is 13.0. The van der Waals surface area contributed by atoms with Gasteiger partial charge in [-0.1, -0.05) is 99.4 Å². The molecule has 0 radical (unpaired) electrons. The molecule has 0 bridgehead atoms. The Morgan fingerprint density at radius 1 is 0.700 bits per heavy atom. The predicted octanol–water partition coefficient (Wildman–Crippen LogP) is 7.86. The second kappa shape index (κ2) is 15.2. The van der Waals surface area contributed by atoms with Crippen LogP contribution in [0.15, 0.2) is 0 Å². The van der Waals surface area contributed by atoms with Gasteiger partial charge in [-0.3, -0.25) is 4.57 Å². The molecule has 0 saturated heterocycles. The quantitative estimate of drug-likeness (QED) is 0.219. The Morgan fingerprint density at radius 2 is 1.10 bits per heavy atom. The zero-order valence-electron chi connectivity index (χ0n) is 13.6. The van der Waals surface area contributed by atoms with Crippen LogP contribution >= 0.6 is 38.9 Å². The van der Waals surface area contributed by atoms with E-state index in [1.165, 1.54) is 64.2 Å². The van der Waals surface area contributed by atoms with E-state index in [-0.39, 0.29) is 0 Å². The van der Waals surface area contributed by atoms with Crippen molar-refractivity contribution >= 4 is 38.9 Å². The highest BCUT2D eigenvalue weighted by Crippen LogP contribution is 2.77. The fourth-order valence-corrected chi connectivity index (χ4v) is 11.5. The van der Waals surface area contributed by atoms with Crippen molar-refractivity contribution < 1.29 is 4.57 Å². The fraction of sp³-hybridized carbons (Fsp3) is 1.00. The molecule has 0 amide bonds. The Hall–Kier alpha value is 1.28. The van der Waals surface area contributed by atoms with Gasteiger partial charge in [0, 0.05) is 11.5 Å². The summed E-state index contributed by atoms with van der Waals surface area (Å²) in [5, 5.41) is 0. The Morgan fingerprint density at radius 3 is 1.45 bits per heavy atom. The highest BCUT2D eigenvalue weighted by Gasteiger charge is 2.21. The molecule has 0 unspecified atom stereocenters. The van der Waals surface area contributed by atoms with Crippen LogP contribution in [-0.2, 0) is 4.57 Å². The second-order valence-electron chi connectivity index (χ2n) is 5.12. The van der Waals surface area contributed by atoms with Gasteiger partial charge < -0.3 is 0 Å². The lowest BCUT2D eigenvalue weighted by Crippen LogP contribution is -1.83. The van der Waals surface area contributed by atoms with Crippen LogP contribution < -0.4 is 0 Å². The lowest BCUT2D eigenvalue weighted by molar-refractivity contribution is 0.601. The SMILES string of the molecule is CCCCCCCSP(=O)(SC)SCCCCCCC. The van der Waals surface area contributed by atoms with Crippen molar-refractivity contribution in [1.82, 2.24) is 0 Å². The molecule has 0 heterocycles. The minimum atomic E-state index is -2.06. The first kappa shape index (κ1) is 21.3. The summed E-state index contributed by atoms with van der Waals surface area (Å²) in [4.78, 5) is 0. The molecule has 0 aromatic heterocycles. The van der Waals surface area contributed by atoms with Crippen LogP contribution in [-0.4, -0.2) is 17.8 Å². The largest absolute Gasteiger partial charge is 0.289 e. The van der Waals surface area contributed by atoms with E-state index in [9.17, 15) is 4.57 Å². The molecule has 0 aliphatic heterocycles. The van der Waals surface area contributed by atoms with Crippen molar-refractivity contribution in [3.05, 3.63) is 0 Å². The molecule has 0 atom stereocenters. The third-order valence-electron chi connectivity index (χ3n) is 3.22. The van der Waals surface area contributed by atoms with Gasteiger partial charge in [0.15, 0.2) is 0 Å². The Balaban J connectivity index is 3.60. The van der Waals surface area contributed by atoms with Crippen molar-refractivity contribution in [2.24, 2.45) is 0 Å². The Labute approximate surface area is 139 Å². The Bertz CT molecular complexity index is 229. The molecular formula is C15H33OPS3. The average Bonchev–Trinajstić information content (AvgIpc) is 2.46. The van der Waals surface area contributed by atoms with Crippen molar-refractivity contribution in [3.8, 4) is 0 Å². The van der Waals surface area contributed by atoms with Crippen molar-refractivity contribution in [2.75, 3.05) is 17.8 Å². The van der Waals surface area contributed by atoms with E-state index in [0.29, 0.717) is 0 Å². The number of hydrogen-bond donors (Lipinski definition) is 0. The van der Waals surface area contributed by atoms with Crippen LogP contribution in [0.1, 0.15) is 78.1 Å². The van der Waals surface area contributed by atoms with Crippen molar-refractivity contribution in [1.29, 1.82) is 0 Å². The van der Waals surface area contributed by atoms with E-state index in [1.807, 2.05) is 6.26 Å². The van der Waals surface area contributed by atoms with Gasteiger partial charge in [0.2, 0.25) is 4.75 Å². The van der Waals surface area contributed by atoms with Gasteiger partial charge in [-0.25, -0.2) is 0 Å². The lowest BCUT2D eigenvalue weighted by atomic mass is 10.2. The van der Waals surface area contributed by atoms with Gasteiger partial charge in [0.1, 0.15) is 0 Å². The van der Waals surface area contributed by atoms with Gasteiger partial charge in [-0.05, 0) is 19.1 Å². The minimum Gasteiger partial charge on any atom is -0.289 e. The normalized spacial score (nSPS) is 11.9. The summed E-state index contributed by atoms with van der Waals surface area (Å²) in [7, 11) is 0. The topological polar surface area (TPSA) is 17.1 Å². The van der Waals surface area contributed by atoms with Gasteiger partial charge in [0.25, 0.3) is 0 Å². The molecule has 0 saturated carbocycles. The molecule has 0 fully saturated rings. The van der Waals surface area contributed by atoms with Crippen molar-refractivity contribution in [3.63, 3.8) is 0 Å². The molecule has 0 rings (SSSR count). The Kier molecular flexibility index (Phi) is 16.2. The van der Waals surface area contributed by atoms with Gasteiger partial charge in [-0.2, -0.15) is 0 Å². The number of rotatable bonds is 15. The summed E-state index contributed by atoms with van der Waals surface area (Å²) in [6, 6.07) is 0. The second-order valence-corrected chi connectivity index (χ2v) is 17.1. The summed E-state index contributed by atoms with van der Waals surface area (Å²) in [6.45, 7) is 4.49. The lowest BCUT2D eigenvalue weighted by Gasteiger charge is -2.14. The number of unbranched alkanes of at least 4 members (excludes halogenated alkanes) is 8. The zero-order chi connectivity index (χ0) is 15.1. The molecule has 0 aromatic rings. The van der Waals surface area contributed by atoms with Crippen molar-refractivity contribution in [2.45, 2.75) is 78.1 Å². The first-order chi connectivity index (χ1) is 9.68. The standard InChI is InChI=1S/C15H33OPS3/c1-4-6-8-10-12-14-19-17(16,18-3)20-15-13-11-9-7-5-2/h4-15H2,1-3H3. The summed E-state index contributed by atoms with van der Waals surface area (Å²) in [6.07, 6.45) is 15.0. The first-order valence-corrected chi connectivity index (χ1v) is 14.8. The maximum absolute atomic E-state index is 12.6. The minimum absolute atomic E-state index is 1.07. The van der Waals surface area contributed by atoms with Gasteiger partial charge >= 0.3 is 0 Å². The van der Waals surface area contributed by atoms with Crippen LogP contribution in [0, 0.1) is 0 Å². The molecular weight excluding hydrogens is 323 g/mol. The molecule has 122 valence electrons.